The van der Waals surface area contributed by atoms with Crippen LogP contribution >= 0.6 is 0 Å². The lowest BCUT2D eigenvalue weighted by Gasteiger charge is -2.31. The third-order valence-electron chi connectivity index (χ3n) is 16.6. The van der Waals surface area contributed by atoms with Crippen LogP contribution in [-0.4, -0.2) is 129 Å². The molecule has 12 rings (SSSR count). The monoisotopic (exact) mass is 1080 g/mol. The first-order valence-corrected chi connectivity index (χ1v) is 28.1. The van der Waals surface area contributed by atoms with Crippen molar-refractivity contribution < 1.29 is 38.3 Å². The number of H-pyrrole nitrogens is 1. The average molecular weight is 1080 g/mol. The van der Waals surface area contributed by atoms with E-state index in [9.17, 15) is 14.7 Å². The standard InChI is InChI=1S/C61H67FN12O6/c1-34(2)55(60(77)73-23-5-7-52(73)59(76)68-51(32-75)40-16-14-37(15-17-40)44-6-4-22-64-35(44)3)66-30-50(71-63)39-10-8-36(9-11-39)33-79-57-54(53-47-29-67-72-49(47)19-18-48(53)62)45(38-12-13-38)27-46-56(57)69-61(80-43-20-24-78-25-21-43)70-58(46)74-31-41-26-42(74)28-65-41/h4,6,8-11,14-19,22,27,29-30,34,38,41-43,51-52,55,65,75H,5,7,12-13,20-21,23-26,28,31-33,63H2,1-3H3,(H,67,72)(H,68,76)/p+1/b66-30?,71-50+/t41-,42-,51-,52-,55-/m0/s1. The van der Waals surface area contributed by atoms with Crippen LogP contribution in [0.15, 0.2) is 96.4 Å². The Labute approximate surface area is 463 Å². The minimum absolute atomic E-state index is 0.107. The number of carbonyl (C=O) groups excluding carboxylic acids is 2. The molecule has 2 amide bonds. The van der Waals surface area contributed by atoms with Gasteiger partial charge in [-0.15, -0.1) is 0 Å². The van der Waals surface area contributed by atoms with Crippen LogP contribution in [0.3, 0.4) is 0 Å². The second-order valence-electron chi connectivity index (χ2n) is 22.2. The summed E-state index contributed by atoms with van der Waals surface area (Å²) in [5, 5.41) is 30.1. The highest BCUT2D eigenvalue weighted by molar-refractivity contribution is 6.36. The molecule has 4 aliphatic heterocycles. The molecule has 5 atom stereocenters. The van der Waals surface area contributed by atoms with Crippen molar-refractivity contribution in [2.75, 3.05) is 44.4 Å². The third kappa shape index (κ3) is 10.6. The van der Waals surface area contributed by atoms with Crippen molar-refractivity contribution in [3.8, 4) is 34.0 Å². The van der Waals surface area contributed by atoms with Crippen molar-refractivity contribution >= 4 is 51.4 Å². The van der Waals surface area contributed by atoms with Crippen LogP contribution < -0.4 is 35.8 Å². The number of hydrazone groups is 1. The van der Waals surface area contributed by atoms with Gasteiger partial charge in [0.25, 0.3) is 5.91 Å². The molecule has 0 unspecified atom stereocenters. The topological polar surface area (TPSA) is 232 Å². The number of amides is 2. The van der Waals surface area contributed by atoms with Crippen molar-refractivity contribution in [2.24, 2.45) is 16.9 Å². The van der Waals surface area contributed by atoms with Crippen molar-refractivity contribution in [1.29, 1.82) is 0 Å². The summed E-state index contributed by atoms with van der Waals surface area (Å²) < 4.78 is 36.0. The lowest BCUT2D eigenvalue weighted by Crippen LogP contribution is -2.83. The Morgan fingerprint density at radius 1 is 1.01 bits per heavy atom. The summed E-state index contributed by atoms with van der Waals surface area (Å²) in [6.45, 7) is 8.89. The fourth-order valence-electron chi connectivity index (χ4n) is 12.1. The van der Waals surface area contributed by atoms with Crippen molar-refractivity contribution in [3.05, 3.63) is 125 Å². The Morgan fingerprint density at radius 3 is 2.54 bits per heavy atom. The molecule has 19 heteroatoms. The number of aliphatic hydroxyl groups is 1. The number of aromatic amines is 1. The number of carbonyl (C=O) groups is 2. The number of pyridine rings is 1. The SMILES string of the molecule is Cc1ncccc1-c1ccc([C@H](CO)NC(=O)[C@@H]2CCCN2C(=O)[C@@H]([NH+]=C/C(=N\N)c2ccc(COc3c(-c4c(F)ccc5[nH]ncc45)c(C4CC4)cc4c(N5C[C@@H]6C[C@H]5CN6)nc(OC5CCOCC5)nc34)cc2)C(C)C)cc1. The number of nitrogens with two attached hydrogens (primary N) is 1. The molecule has 7 heterocycles. The predicted octanol–water partition coefficient (Wildman–Crippen LogP) is 5.93. The molecule has 3 aromatic heterocycles. The number of aliphatic hydroxyl groups excluding tert-OH is 1. The first-order chi connectivity index (χ1) is 39.0. The third-order valence-corrected chi connectivity index (χ3v) is 16.6. The number of nitrogens with one attached hydrogen (secondary N) is 4. The summed E-state index contributed by atoms with van der Waals surface area (Å²) in [7, 11) is 0. The van der Waals surface area contributed by atoms with Gasteiger partial charge in [0, 0.05) is 95.4 Å². The number of anilines is 1. The van der Waals surface area contributed by atoms with Crippen molar-refractivity contribution in [3.63, 3.8) is 0 Å². The van der Waals surface area contributed by atoms with E-state index in [-0.39, 0.29) is 55.0 Å². The van der Waals surface area contributed by atoms with E-state index in [2.05, 4.69) is 46.9 Å². The molecule has 1 saturated carbocycles. The molecular formula is C61H68FN12O6+. The van der Waals surface area contributed by atoms with Gasteiger partial charge in [0.2, 0.25) is 11.9 Å². The van der Waals surface area contributed by atoms with E-state index in [0.717, 1.165) is 77.1 Å². The molecule has 5 fully saturated rings. The lowest BCUT2D eigenvalue weighted by atomic mass is 9.91. The zero-order chi connectivity index (χ0) is 55.0. The van der Waals surface area contributed by atoms with Crippen LogP contribution in [0, 0.1) is 18.7 Å². The first kappa shape index (κ1) is 52.8. The number of aryl methyl sites for hydroxylation is 1. The molecule has 80 heavy (non-hydrogen) atoms. The van der Waals surface area contributed by atoms with Gasteiger partial charge in [-0.3, -0.25) is 19.7 Å². The minimum Gasteiger partial charge on any atom is -0.486 e. The fraction of sp³-hybridized carbons (Fsp3) is 0.410. The Bertz CT molecular complexity index is 3490. The van der Waals surface area contributed by atoms with Gasteiger partial charge in [-0.05, 0) is 91.5 Å². The van der Waals surface area contributed by atoms with Gasteiger partial charge in [0.1, 0.15) is 35.9 Å². The van der Waals surface area contributed by atoms with Crippen molar-refractivity contribution in [1.82, 2.24) is 40.7 Å². The number of fused-ring (bicyclic) bond motifs is 4. The highest BCUT2D eigenvalue weighted by atomic mass is 19.1. The summed E-state index contributed by atoms with van der Waals surface area (Å²) >= 11 is 0. The van der Waals surface area contributed by atoms with Crippen molar-refractivity contribution in [2.45, 2.75) is 115 Å². The smallest absolute Gasteiger partial charge is 0.319 e. The number of hydrogen-bond donors (Lipinski definition) is 6. The Balaban J connectivity index is 0.801. The van der Waals surface area contributed by atoms with Crippen LogP contribution in [-0.2, 0) is 20.9 Å². The number of benzene rings is 4. The lowest BCUT2D eigenvalue weighted by molar-refractivity contribution is -0.491. The average Bonchev–Trinajstić information content (AvgIpc) is 3.90. The highest BCUT2D eigenvalue weighted by Crippen LogP contribution is 2.53. The van der Waals surface area contributed by atoms with E-state index in [1.807, 2.05) is 81.4 Å². The van der Waals surface area contributed by atoms with Gasteiger partial charge in [0.15, 0.2) is 17.7 Å². The molecule has 5 aliphatic rings. The van der Waals surface area contributed by atoms with E-state index in [1.54, 1.807) is 29.6 Å². The van der Waals surface area contributed by atoms with Gasteiger partial charge in [-0.1, -0.05) is 68.4 Å². The van der Waals surface area contributed by atoms with Gasteiger partial charge in [-0.25, -0.2) is 9.38 Å². The molecular weight excluding hydrogens is 1020 g/mol. The number of aromatic nitrogens is 5. The Hall–Kier alpha value is -7.87. The fourth-order valence-corrected chi connectivity index (χ4v) is 12.1. The van der Waals surface area contributed by atoms with Crippen LogP contribution in [0.25, 0.3) is 44.1 Å². The predicted molar refractivity (Wildman–Crippen MR) is 303 cm³/mol. The minimum atomic E-state index is -0.711. The normalized spacial score (nSPS) is 20.4. The summed E-state index contributed by atoms with van der Waals surface area (Å²) in [6, 6.07) is 23.4. The maximum atomic E-state index is 16.7. The maximum absolute atomic E-state index is 16.7. The van der Waals surface area contributed by atoms with Gasteiger partial charge in [0.05, 0.1) is 37.6 Å². The maximum Gasteiger partial charge on any atom is 0.319 e. The van der Waals surface area contributed by atoms with Gasteiger partial charge < -0.3 is 45.6 Å². The second kappa shape index (κ2) is 22.7. The Kier molecular flexibility index (Phi) is 15.0. The van der Waals surface area contributed by atoms with Gasteiger partial charge in [-0.2, -0.15) is 20.2 Å². The molecule has 18 nitrogen and oxygen atoms in total. The van der Waals surface area contributed by atoms with E-state index in [1.165, 1.54) is 6.07 Å². The van der Waals surface area contributed by atoms with Crippen LogP contribution in [0.5, 0.6) is 11.8 Å². The molecule has 7 N–H and O–H groups in total. The number of hydrogen-bond acceptors (Lipinski definition) is 14. The number of ether oxygens (including phenoxy) is 3. The molecule has 4 saturated heterocycles. The largest absolute Gasteiger partial charge is 0.486 e. The number of rotatable bonds is 18. The van der Waals surface area contributed by atoms with Gasteiger partial charge >= 0.3 is 6.01 Å². The molecule has 2 bridgehead atoms. The van der Waals surface area contributed by atoms with E-state index >= 15 is 4.39 Å². The quantitative estimate of drug-likeness (QED) is 0.0333. The molecule has 7 aromatic rings. The molecule has 4 aromatic carbocycles. The van der Waals surface area contributed by atoms with E-state index in [4.69, 9.17) is 30.0 Å². The summed E-state index contributed by atoms with van der Waals surface area (Å²) in [5.41, 5.74) is 8.85. The highest BCUT2D eigenvalue weighted by Gasteiger charge is 2.43. The number of piperazine rings is 1. The van der Waals surface area contributed by atoms with E-state index < -0.39 is 23.9 Å². The second-order valence-corrected chi connectivity index (χ2v) is 22.2. The number of halogens is 1. The Morgan fingerprint density at radius 2 is 1.82 bits per heavy atom. The molecule has 414 valence electrons. The number of nitrogens with zero attached hydrogens (tertiary/aromatic N) is 7. The molecule has 0 radical (unpaired) electrons. The van der Waals surface area contributed by atoms with Crippen LogP contribution in [0.2, 0.25) is 0 Å². The first-order valence-electron chi connectivity index (χ1n) is 28.1. The van der Waals surface area contributed by atoms with E-state index in [0.29, 0.717) is 96.1 Å². The number of likely N-dealkylation sites (tertiary alicyclic amines) is 1. The van der Waals surface area contributed by atoms with Crippen LogP contribution in [0.1, 0.15) is 98.7 Å². The zero-order valence-electron chi connectivity index (χ0n) is 45.3. The zero-order valence-corrected chi connectivity index (χ0v) is 45.3. The molecule has 0 spiro atoms. The summed E-state index contributed by atoms with van der Waals surface area (Å²) in [5.74, 6) is 6.38. The summed E-state index contributed by atoms with van der Waals surface area (Å²) in [4.78, 5) is 50.4. The summed E-state index contributed by atoms with van der Waals surface area (Å²) in [6.07, 6.45) is 10.5. The van der Waals surface area contributed by atoms with Crippen LogP contribution in [0.4, 0.5) is 10.2 Å². The molecule has 1 aliphatic carbocycles.